The Hall–Kier alpha value is -1.36. The van der Waals surface area contributed by atoms with E-state index < -0.39 is 0 Å². The van der Waals surface area contributed by atoms with Crippen molar-refractivity contribution in [3.05, 3.63) is 36.1 Å². The molecule has 2 heterocycles. The molecule has 1 aliphatic heterocycles. The molecule has 3 atom stereocenters. The maximum absolute atomic E-state index is 10.2. The van der Waals surface area contributed by atoms with Crippen molar-refractivity contribution < 1.29 is 14.3 Å². The minimum Gasteiger partial charge on any atom is -0.460 e. The van der Waals surface area contributed by atoms with Gasteiger partial charge in [-0.3, -0.25) is 4.90 Å². The summed E-state index contributed by atoms with van der Waals surface area (Å²) in [5.74, 6) is 1.34. The van der Waals surface area contributed by atoms with Gasteiger partial charge in [0.25, 0.3) is 0 Å². The Balaban J connectivity index is 1.53. The van der Waals surface area contributed by atoms with Crippen LogP contribution in [-0.4, -0.2) is 41.9 Å². The summed E-state index contributed by atoms with van der Waals surface area (Å²) in [5, 5.41) is 11.4. The van der Waals surface area contributed by atoms with Gasteiger partial charge in [0.2, 0.25) is 0 Å². The number of benzene rings is 1. The number of aliphatic hydroxyl groups excluding tert-OH is 1. The fraction of sp³-hybridized carbons (Fsp3) is 0.556. The topological polar surface area (TPSA) is 45.8 Å². The maximum Gasteiger partial charge on any atom is 0.134 e. The van der Waals surface area contributed by atoms with E-state index in [1.807, 2.05) is 18.2 Å². The standard InChI is InChI=1S/C18H23NO3/c20-17-6-3-5-15(17)16-12-21-9-8-19(16)11-14-10-13-4-1-2-7-18(13)22-14/h1-2,4,7,10,15-17,20H,3,5-6,8-9,11-12H2/t15-,16+,17-/m1/s1. The molecule has 4 rings (SSSR count). The molecule has 2 aliphatic rings. The second kappa shape index (κ2) is 6.03. The lowest BCUT2D eigenvalue weighted by atomic mass is 9.94. The maximum atomic E-state index is 10.2. The van der Waals surface area contributed by atoms with Crippen molar-refractivity contribution in [2.24, 2.45) is 5.92 Å². The fourth-order valence-electron chi connectivity index (χ4n) is 3.98. The minimum atomic E-state index is -0.176. The summed E-state index contributed by atoms with van der Waals surface area (Å²) >= 11 is 0. The third kappa shape index (κ3) is 2.67. The third-order valence-electron chi connectivity index (χ3n) is 5.14. The smallest absolute Gasteiger partial charge is 0.134 e. The van der Waals surface area contributed by atoms with Crippen LogP contribution in [0.3, 0.4) is 0 Å². The van der Waals surface area contributed by atoms with Crippen molar-refractivity contribution in [1.82, 2.24) is 4.90 Å². The Morgan fingerprint density at radius 3 is 2.95 bits per heavy atom. The van der Waals surface area contributed by atoms with Gasteiger partial charge >= 0.3 is 0 Å². The van der Waals surface area contributed by atoms with Crippen LogP contribution < -0.4 is 0 Å². The first kappa shape index (κ1) is 14.2. The van der Waals surface area contributed by atoms with Crippen molar-refractivity contribution in [3.63, 3.8) is 0 Å². The zero-order valence-corrected chi connectivity index (χ0v) is 12.8. The summed E-state index contributed by atoms with van der Waals surface area (Å²) in [6, 6.07) is 10.6. The Morgan fingerprint density at radius 1 is 1.23 bits per heavy atom. The Morgan fingerprint density at radius 2 is 2.14 bits per heavy atom. The van der Waals surface area contributed by atoms with Crippen LogP contribution in [0.1, 0.15) is 25.0 Å². The van der Waals surface area contributed by atoms with Gasteiger partial charge < -0.3 is 14.3 Å². The number of para-hydroxylation sites is 1. The SMILES string of the molecule is O[C@@H]1CCC[C@@H]1[C@@H]1COCCN1Cc1cc2ccccc2o1. The zero-order chi connectivity index (χ0) is 14.9. The van der Waals surface area contributed by atoms with E-state index in [0.29, 0.717) is 12.0 Å². The van der Waals surface area contributed by atoms with Gasteiger partial charge in [0, 0.05) is 23.9 Å². The molecule has 0 bridgehead atoms. The largest absolute Gasteiger partial charge is 0.460 e. The molecule has 2 aromatic rings. The van der Waals surface area contributed by atoms with E-state index in [1.54, 1.807) is 0 Å². The van der Waals surface area contributed by atoms with Crippen LogP contribution in [-0.2, 0) is 11.3 Å². The second-order valence-corrected chi connectivity index (χ2v) is 6.53. The molecule has 22 heavy (non-hydrogen) atoms. The third-order valence-corrected chi connectivity index (χ3v) is 5.14. The van der Waals surface area contributed by atoms with E-state index >= 15 is 0 Å². The average molecular weight is 301 g/mol. The molecule has 2 fully saturated rings. The Kier molecular flexibility index (Phi) is 3.90. The number of hydrogen-bond acceptors (Lipinski definition) is 4. The number of furan rings is 1. The van der Waals surface area contributed by atoms with Gasteiger partial charge in [-0.1, -0.05) is 24.6 Å². The number of nitrogens with zero attached hydrogens (tertiary/aromatic N) is 1. The Labute approximate surface area is 130 Å². The highest BCUT2D eigenvalue weighted by Gasteiger charge is 2.37. The molecular weight excluding hydrogens is 278 g/mol. The zero-order valence-electron chi connectivity index (χ0n) is 12.8. The van der Waals surface area contributed by atoms with Crippen LogP contribution >= 0.6 is 0 Å². The van der Waals surface area contributed by atoms with E-state index in [9.17, 15) is 5.11 Å². The van der Waals surface area contributed by atoms with Gasteiger partial charge in [0.1, 0.15) is 11.3 Å². The van der Waals surface area contributed by atoms with Gasteiger partial charge in [-0.2, -0.15) is 0 Å². The molecule has 0 spiro atoms. The van der Waals surface area contributed by atoms with Crippen LogP contribution in [0.4, 0.5) is 0 Å². The number of rotatable bonds is 3. The van der Waals surface area contributed by atoms with Crippen LogP contribution in [0.5, 0.6) is 0 Å². The lowest BCUT2D eigenvalue weighted by Crippen LogP contribution is -2.50. The summed E-state index contributed by atoms with van der Waals surface area (Å²) in [5.41, 5.74) is 0.947. The van der Waals surface area contributed by atoms with Crippen molar-refractivity contribution >= 4 is 11.0 Å². The molecule has 0 amide bonds. The summed E-state index contributed by atoms with van der Waals surface area (Å²) in [6.45, 7) is 3.19. The van der Waals surface area contributed by atoms with Crippen LogP contribution in [0, 0.1) is 5.92 Å². The number of morpholine rings is 1. The molecular formula is C18H23NO3. The van der Waals surface area contributed by atoms with Gasteiger partial charge in [-0.25, -0.2) is 0 Å². The van der Waals surface area contributed by atoms with Crippen LogP contribution in [0.2, 0.25) is 0 Å². The highest BCUT2D eigenvalue weighted by atomic mass is 16.5. The molecule has 1 saturated carbocycles. The molecule has 1 aromatic carbocycles. The van der Waals surface area contributed by atoms with Crippen molar-refractivity contribution in [3.8, 4) is 0 Å². The van der Waals surface area contributed by atoms with Crippen molar-refractivity contribution in [1.29, 1.82) is 0 Å². The number of fused-ring (bicyclic) bond motifs is 1. The fourth-order valence-corrected chi connectivity index (χ4v) is 3.98. The molecule has 1 aliphatic carbocycles. The summed E-state index contributed by atoms with van der Waals surface area (Å²) in [6.07, 6.45) is 2.98. The molecule has 4 heteroatoms. The average Bonchev–Trinajstić information content (AvgIpc) is 3.13. The van der Waals surface area contributed by atoms with Gasteiger partial charge in [0.05, 0.1) is 25.9 Å². The number of hydrogen-bond donors (Lipinski definition) is 1. The monoisotopic (exact) mass is 301 g/mol. The summed E-state index contributed by atoms with van der Waals surface area (Å²) in [7, 11) is 0. The van der Waals surface area contributed by atoms with Crippen LogP contribution in [0.15, 0.2) is 34.7 Å². The lowest BCUT2D eigenvalue weighted by molar-refractivity contribution is -0.0555. The molecule has 118 valence electrons. The predicted molar refractivity (Wildman–Crippen MR) is 84.6 cm³/mol. The van der Waals surface area contributed by atoms with E-state index in [-0.39, 0.29) is 6.10 Å². The second-order valence-electron chi connectivity index (χ2n) is 6.53. The first-order chi connectivity index (χ1) is 10.8. The molecule has 4 nitrogen and oxygen atoms in total. The van der Waals surface area contributed by atoms with E-state index in [2.05, 4.69) is 17.0 Å². The van der Waals surface area contributed by atoms with E-state index in [1.165, 1.54) is 0 Å². The summed E-state index contributed by atoms with van der Waals surface area (Å²) in [4.78, 5) is 2.43. The van der Waals surface area contributed by atoms with Crippen LogP contribution in [0.25, 0.3) is 11.0 Å². The summed E-state index contributed by atoms with van der Waals surface area (Å²) < 4.78 is 11.6. The molecule has 1 aromatic heterocycles. The van der Waals surface area contributed by atoms with Gasteiger partial charge in [-0.05, 0) is 25.0 Å². The molecule has 1 N–H and O–H groups in total. The quantitative estimate of drug-likeness (QED) is 0.947. The molecule has 0 radical (unpaired) electrons. The number of aliphatic hydroxyl groups is 1. The molecule has 0 unspecified atom stereocenters. The van der Waals surface area contributed by atoms with Crippen molar-refractivity contribution in [2.75, 3.05) is 19.8 Å². The first-order valence-electron chi connectivity index (χ1n) is 8.28. The highest BCUT2D eigenvalue weighted by Crippen LogP contribution is 2.33. The molecule has 1 saturated heterocycles. The predicted octanol–water partition coefficient (Wildman–Crippen LogP) is 2.79. The van der Waals surface area contributed by atoms with E-state index in [4.69, 9.17) is 9.15 Å². The van der Waals surface area contributed by atoms with E-state index in [0.717, 1.165) is 62.3 Å². The van der Waals surface area contributed by atoms with Gasteiger partial charge in [0.15, 0.2) is 0 Å². The first-order valence-corrected chi connectivity index (χ1v) is 8.28. The minimum absolute atomic E-state index is 0.176. The van der Waals surface area contributed by atoms with Crippen molar-refractivity contribution in [2.45, 2.75) is 38.0 Å². The van der Waals surface area contributed by atoms with Gasteiger partial charge in [-0.15, -0.1) is 0 Å². The highest BCUT2D eigenvalue weighted by molar-refractivity contribution is 5.77. The Bertz CT molecular complexity index is 605. The normalized spacial score (nSPS) is 30.1. The lowest BCUT2D eigenvalue weighted by Gasteiger charge is -2.39. The number of ether oxygens (including phenoxy) is 1.